The number of carbonyl (C=O) groups is 2. The molecule has 1 aliphatic carbocycles. The molecule has 204 valence electrons. The minimum Gasteiger partial charge on any atom is -0.633 e. The van der Waals surface area contributed by atoms with Crippen LogP contribution in [-0.2, 0) is 9.47 Å². The van der Waals surface area contributed by atoms with Gasteiger partial charge in [-0.1, -0.05) is 0 Å². The molecular formula is C27H35N5O6. The van der Waals surface area contributed by atoms with Gasteiger partial charge in [0, 0.05) is 55.3 Å². The van der Waals surface area contributed by atoms with Gasteiger partial charge in [0.05, 0.1) is 56.2 Å². The van der Waals surface area contributed by atoms with Crippen molar-refractivity contribution in [3.8, 4) is 0 Å². The molecule has 1 aromatic heterocycles. The highest BCUT2D eigenvalue weighted by atomic mass is 16.6. The second-order valence-electron chi connectivity index (χ2n) is 10.2. The highest BCUT2D eigenvalue weighted by molar-refractivity contribution is 6.31. The van der Waals surface area contributed by atoms with E-state index in [1.807, 2.05) is 0 Å². The standard InChI is InChI=1S/C27H35N5O6/c33-26-20-5-8-28-19-21(20)27(34)25-23(30-7-2-10-32(36)13-17-38-18-14-32)4-3-22(24(25)26)29-6-1-9-31(35)11-15-37-16-12-31/h3-5,8,19,29-30H,1-2,6-7,9-18H2. The number of anilines is 2. The van der Waals surface area contributed by atoms with Crippen molar-refractivity contribution in [2.45, 2.75) is 12.8 Å². The first-order valence-corrected chi connectivity index (χ1v) is 13.4. The van der Waals surface area contributed by atoms with Crippen molar-refractivity contribution in [2.24, 2.45) is 0 Å². The molecule has 38 heavy (non-hydrogen) atoms. The van der Waals surface area contributed by atoms with E-state index in [9.17, 15) is 20.0 Å². The fourth-order valence-corrected chi connectivity index (χ4v) is 5.39. The van der Waals surface area contributed by atoms with Crippen molar-refractivity contribution >= 4 is 22.9 Å². The summed E-state index contributed by atoms with van der Waals surface area (Å²) in [5.41, 5.74) is 2.40. The zero-order valence-corrected chi connectivity index (χ0v) is 21.6. The number of pyridine rings is 1. The van der Waals surface area contributed by atoms with Crippen LogP contribution < -0.4 is 10.6 Å². The molecule has 2 fully saturated rings. The number of hydroxylamine groups is 6. The summed E-state index contributed by atoms with van der Waals surface area (Å²) in [6, 6.07) is 5.18. The smallest absolute Gasteiger partial charge is 0.198 e. The maximum absolute atomic E-state index is 13.6. The molecule has 0 unspecified atom stereocenters. The van der Waals surface area contributed by atoms with E-state index in [4.69, 9.17) is 9.47 Å². The second-order valence-corrected chi connectivity index (χ2v) is 10.2. The molecule has 0 spiro atoms. The summed E-state index contributed by atoms with van der Waals surface area (Å²) >= 11 is 0. The molecule has 2 saturated heterocycles. The Kier molecular flexibility index (Phi) is 8.03. The topological polar surface area (TPSA) is 136 Å². The first-order chi connectivity index (χ1) is 18.4. The van der Waals surface area contributed by atoms with Crippen molar-refractivity contribution in [1.29, 1.82) is 0 Å². The summed E-state index contributed by atoms with van der Waals surface area (Å²) in [6.45, 7) is 5.64. The van der Waals surface area contributed by atoms with Crippen molar-refractivity contribution in [1.82, 2.24) is 4.98 Å². The van der Waals surface area contributed by atoms with Gasteiger partial charge in [0.15, 0.2) is 11.6 Å². The Hall–Kier alpha value is -2.93. The third kappa shape index (κ3) is 5.73. The Morgan fingerprint density at radius 2 is 1.21 bits per heavy atom. The van der Waals surface area contributed by atoms with Crippen LogP contribution >= 0.6 is 0 Å². The Morgan fingerprint density at radius 1 is 0.737 bits per heavy atom. The highest BCUT2D eigenvalue weighted by Crippen LogP contribution is 2.36. The molecule has 0 atom stereocenters. The fourth-order valence-electron chi connectivity index (χ4n) is 5.39. The van der Waals surface area contributed by atoms with E-state index in [2.05, 4.69) is 15.6 Å². The number of hydrogen-bond acceptors (Lipinski definition) is 9. The van der Waals surface area contributed by atoms with Gasteiger partial charge >= 0.3 is 0 Å². The van der Waals surface area contributed by atoms with E-state index in [-0.39, 0.29) is 26.4 Å². The molecule has 2 aliphatic heterocycles. The van der Waals surface area contributed by atoms with Crippen LogP contribution in [0.15, 0.2) is 30.6 Å². The molecule has 5 rings (SSSR count). The van der Waals surface area contributed by atoms with Gasteiger partial charge in [-0.05, 0) is 18.2 Å². The van der Waals surface area contributed by atoms with Crippen LogP contribution in [0.3, 0.4) is 0 Å². The van der Waals surface area contributed by atoms with E-state index in [1.54, 1.807) is 18.2 Å². The summed E-state index contributed by atoms with van der Waals surface area (Å²) in [6.07, 6.45) is 4.20. The summed E-state index contributed by atoms with van der Waals surface area (Å²) in [5, 5.41) is 32.2. The minimum absolute atomic E-state index is 0.235. The van der Waals surface area contributed by atoms with Crippen LogP contribution in [0.2, 0.25) is 0 Å². The lowest BCUT2D eigenvalue weighted by molar-refractivity contribution is -0.888. The van der Waals surface area contributed by atoms with E-state index >= 15 is 0 Å². The van der Waals surface area contributed by atoms with Gasteiger partial charge in [-0.15, -0.1) is 0 Å². The number of hydrogen-bond donors (Lipinski definition) is 2. The number of quaternary nitrogens is 2. The molecule has 11 heteroatoms. The molecule has 1 aromatic carbocycles. The molecule has 0 amide bonds. The van der Waals surface area contributed by atoms with Gasteiger partial charge in [0.1, 0.15) is 26.2 Å². The van der Waals surface area contributed by atoms with Crippen molar-refractivity contribution in [3.05, 3.63) is 63.3 Å². The Labute approximate surface area is 222 Å². The number of morpholine rings is 2. The van der Waals surface area contributed by atoms with E-state index in [0.29, 0.717) is 120 Å². The number of aromatic nitrogens is 1. The van der Waals surface area contributed by atoms with E-state index < -0.39 is 0 Å². The lowest BCUT2D eigenvalue weighted by atomic mass is 9.83. The van der Waals surface area contributed by atoms with Crippen LogP contribution in [0.5, 0.6) is 0 Å². The van der Waals surface area contributed by atoms with Crippen LogP contribution in [-0.4, -0.2) is 105 Å². The molecule has 11 nitrogen and oxygen atoms in total. The first-order valence-electron chi connectivity index (χ1n) is 13.4. The largest absolute Gasteiger partial charge is 0.633 e. The molecule has 2 N–H and O–H groups in total. The molecule has 0 bridgehead atoms. The molecule has 0 radical (unpaired) electrons. The predicted molar refractivity (Wildman–Crippen MR) is 142 cm³/mol. The third-order valence-electron chi connectivity index (χ3n) is 7.66. The zero-order valence-electron chi connectivity index (χ0n) is 21.6. The van der Waals surface area contributed by atoms with Crippen molar-refractivity contribution in [3.63, 3.8) is 0 Å². The number of fused-ring (bicyclic) bond motifs is 2. The summed E-state index contributed by atoms with van der Waals surface area (Å²) in [5.74, 6) is -0.493. The lowest BCUT2D eigenvalue weighted by Gasteiger charge is -2.45. The van der Waals surface area contributed by atoms with Crippen molar-refractivity contribution in [2.75, 3.05) is 89.4 Å². The number of ketones is 2. The molecule has 2 aromatic rings. The van der Waals surface area contributed by atoms with Crippen LogP contribution in [0, 0.1) is 10.4 Å². The summed E-state index contributed by atoms with van der Waals surface area (Å²) < 4.78 is 10.1. The quantitative estimate of drug-likeness (QED) is 0.232. The summed E-state index contributed by atoms with van der Waals surface area (Å²) in [7, 11) is 0. The maximum atomic E-state index is 13.6. The fraction of sp³-hybridized carbons (Fsp3) is 0.519. The SMILES string of the molecule is O=C1c2ccncc2C(=O)c2c(NCCC[N+]3([O-])CCOCC3)ccc(NCCC[N+]3([O-])CCOCC3)c21. The minimum atomic E-state index is -0.268. The average molecular weight is 526 g/mol. The third-order valence-corrected chi connectivity index (χ3v) is 7.66. The Balaban J connectivity index is 1.31. The molecular weight excluding hydrogens is 490 g/mol. The molecule has 0 saturated carbocycles. The zero-order chi connectivity index (χ0) is 26.6. The van der Waals surface area contributed by atoms with Gasteiger partial charge in [0.25, 0.3) is 0 Å². The van der Waals surface area contributed by atoms with Gasteiger partial charge in [0.2, 0.25) is 0 Å². The Morgan fingerprint density at radius 3 is 1.71 bits per heavy atom. The molecule has 3 heterocycles. The highest BCUT2D eigenvalue weighted by Gasteiger charge is 2.34. The molecule has 3 aliphatic rings. The van der Waals surface area contributed by atoms with Gasteiger partial charge in [-0.25, -0.2) is 0 Å². The van der Waals surface area contributed by atoms with E-state index in [1.165, 1.54) is 12.4 Å². The van der Waals surface area contributed by atoms with Gasteiger partial charge in [-0.3, -0.25) is 14.6 Å². The predicted octanol–water partition coefficient (Wildman–Crippen LogP) is 2.15. The first kappa shape index (κ1) is 26.7. The summed E-state index contributed by atoms with van der Waals surface area (Å²) in [4.78, 5) is 31.2. The van der Waals surface area contributed by atoms with Crippen molar-refractivity contribution < 1.29 is 28.4 Å². The van der Waals surface area contributed by atoms with Crippen LogP contribution in [0.25, 0.3) is 0 Å². The number of carbonyl (C=O) groups excluding carboxylic acids is 2. The normalized spacial score (nSPS) is 19.9. The lowest BCUT2D eigenvalue weighted by Crippen LogP contribution is -2.51. The second kappa shape index (κ2) is 11.4. The Bertz CT molecular complexity index is 1090. The average Bonchev–Trinajstić information content (AvgIpc) is 2.93. The monoisotopic (exact) mass is 525 g/mol. The van der Waals surface area contributed by atoms with Gasteiger partial charge < -0.3 is 39.8 Å². The number of ether oxygens (including phenoxy) is 2. The van der Waals surface area contributed by atoms with Gasteiger partial charge in [-0.2, -0.15) is 0 Å². The van der Waals surface area contributed by atoms with Crippen LogP contribution in [0.4, 0.5) is 11.4 Å². The number of nitrogens with zero attached hydrogens (tertiary/aromatic N) is 3. The number of rotatable bonds is 10. The van der Waals surface area contributed by atoms with E-state index in [0.717, 1.165) is 0 Å². The maximum Gasteiger partial charge on any atom is 0.198 e. The number of benzene rings is 1. The van der Waals surface area contributed by atoms with Crippen LogP contribution in [0.1, 0.15) is 44.7 Å². The number of nitrogens with one attached hydrogen (secondary N) is 2.